The van der Waals surface area contributed by atoms with E-state index in [4.69, 9.17) is 5.26 Å². The van der Waals surface area contributed by atoms with Crippen LogP contribution in [0.15, 0.2) is 16.6 Å². The predicted molar refractivity (Wildman–Crippen MR) is 55.2 cm³/mol. The van der Waals surface area contributed by atoms with Gasteiger partial charge in [-0.25, -0.2) is 13.6 Å². The Balaban J connectivity index is 3.38. The van der Waals surface area contributed by atoms with Crippen molar-refractivity contribution in [3.63, 3.8) is 0 Å². The molecule has 0 aliphatic rings. The maximum Gasteiger partial charge on any atom is 0.339 e. The van der Waals surface area contributed by atoms with Gasteiger partial charge in [0.2, 0.25) is 0 Å². The Hall–Kier alpha value is -1.48. The highest BCUT2D eigenvalue weighted by molar-refractivity contribution is 9.10. The van der Waals surface area contributed by atoms with Crippen molar-refractivity contribution < 1.29 is 18.3 Å². The molecule has 0 amide bonds. The van der Waals surface area contributed by atoms with Crippen molar-refractivity contribution >= 4 is 21.9 Å². The summed E-state index contributed by atoms with van der Waals surface area (Å²) in [5.41, 5.74) is -0.607. The van der Waals surface area contributed by atoms with Crippen molar-refractivity contribution in [1.82, 2.24) is 0 Å². The van der Waals surface area contributed by atoms with Crippen LogP contribution in [0.1, 0.15) is 27.9 Å². The van der Waals surface area contributed by atoms with Gasteiger partial charge in [-0.1, -0.05) is 0 Å². The minimum Gasteiger partial charge on any atom is -0.465 e. The summed E-state index contributed by atoms with van der Waals surface area (Å²) in [6.45, 7) is 0. The van der Waals surface area contributed by atoms with E-state index in [0.29, 0.717) is 0 Å². The van der Waals surface area contributed by atoms with Crippen molar-refractivity contribution in [1.29, 1.82) is 5.26 Å². The van der Waals surface area contributed by atoms with E-state index >= 15 is 0 Å². The first-order chi connectivity index (χ1) is 7.51. The smallest absolute Gasteiger partial charge is 0.339 e. The number of carbonyl (C=O) groups is 1. The Morgan fingerprint density at radius 1 is 1.56 bits per heavy atom. The predicted octanol–water partition coefficient (Wildman–Crippen LogP) is 3.04. The molecule has 0 spiro atoms. The lowest BCUT2D eigenvalue weighted by molar-refractivity contribution is 0.0599. The average molecular weight is 290 g/mol. The average Bonchev–Trinajstić information content (AvgIpc) is 2.27. The molecule has 6 heteroatoms. The van der Waals surface area contributed by atoms with Crippen LogP contribution in [0, 0.1) is 11.3 Å². The van der Waals surface area contributed by atoms with Gasteiger partial charge >= 0.3 is 5.97 Å². The summed E-state index contributed by atoms with van der Waals surface area (Å²) in [5, 5.41) is 8.69. The number of alkyl halides is 2. The van der Waals surface area contributed by atoms with E-state index in [1.165, 1.54) is 7.11 Å². The molecule has 0 bridgehead atoms. The summed E-state index contributed by atoms with van der Waals surface area (Å²) in [6.07, 6.45) is -2.77. The maximum absolute atomic E-state index is 12.5. The second kappa shape index (κ2) is 5.03. The molecule has 16 heavy (non-hydrogen) atoms. The van der Waals surface area contributed by atoms with E-state index in [9.17, 15) is 13.6 Å². The number of hydrogen-bond donors (Lipinski definition) is 0. The molecule has 84 valence electrons. The lowest BCUT2D eigenvalue weighted by Crippen LogP contribution is -2.04. The SMILES string of the molecule is COC(=O)c1cc(C#N)c(C(F)F)cc1Br. The molecule has 0 N–H and O–H groups in total. The fourth-order valence-electron chi connectivity index (χ4n) is 1.13. The molecule has 0 saturated heterocycles. The number of esters is 1. The van der Waals surface area contributed by atoms with Gasteiger partial charge in [0.25, 0.3) is 6.43 Å². The summed E-state index contributed by atoms with van der Waals surface area (Å²) >= 11 is 2.98. The number of nitrogens with zero attached hydrogens (tertiary/aromatic N) is 1. The fourth-order valence-corrected chi connectivity index (χ4v) is 1.66. The summed E-state index contributed by atoms with van der Waals surface area (Å²) in [7, 11) is 1.17. The van der Waals surface area contributed by atoms with E-state index in [1.807, 2.05) is 0 Å². The Morgan fingerprint density at radius 3 is 2.62 bits per heavy atom. The van der Waals surface area contributed by atoms with Gasteiger partial charge < -0.3 is 4.74 Å². The zero-order valence-electron chi connectivity index (χ0n) is 8.13. The number of benzene rings is 1. The highest BCUT2D eigenvalue weighted by atomic mass is 79.9. The Bertz CT molecular complexity index is 469. The quantitative estimate of drug-likeness (QED) is 0.786. The first-order valence-corrected chi connectivity index (χ1v) is 4.90. The number of hydrogen-bond acceptors (Lipinski definition) is 3. The van der Waals surface area contributed by atoms with Gasteiger partial charge in [-0.2, -0.15) is 5.26 Å². The molecule has 0 saturated carbocycles. The summed E-state index contributed by atoms with van der Waals surface area (Å²) in [5.74, 6) is -0.691. The van der Waals surface area contributed by atoms with Crippen LogP contribution in [0.2, 0.25) is 0 Å². The van der Waals surface area contributed by atoms with Crippen LogP contribution < -0.4 is 0 Å². The number of nitriles is 1. The van der Waals surface area contributed by atoms with Crippen LogP contribution in [-0.4, -0.2) is 13.1 Å². The zero-order chi connectivity index (χ0) is 12.3. The van der Waals surface area contributed by atoms with Gasteiger partial charge in [0.1, 0.15) is 0 Å². The van der Waals surface area contributed by atoms with Crippen LogP contribution in [0.25, 0.3) is 0 Å². The summed E-state index contributed by atoms with van der Waals surface area (Å²) in [6, 6.07) is 3.75. The van der Waals surface area contributed by atoms with E-state index < -0.39 is 18.0 Å². The number of rotatable bonds is 2. The second-order valence-electron chi connectivity index (χ2n) is 2.82. The van der Waals surface area contributed by atoms with Gasteiger partial charge in [0, 0.05) is 10.0 Å². The van der Waals surface area contributed by atoms with Gasteiger partial charge in [0.05, 0.1) is 24.3 Å². The molecule has 1 aromatic rings. The van der Waals surface area contributed by atoms with Crippen LogP contribution >= 0.6 is 15.9 Å². The fraction of sp³-hybridized carbons (Fsp3) is 0.200. The van der Waals surface area contributed by atoms with Crippen LogP contribution in [0.5, 0.6) is 0 Å². The molecule has 1 aromatic carbocycles. The van der Waals surface area contributed by atoms with Gasteiger partial charge in [-0.05, 0) is 28.1 Å². The largest absolute Gasteiger partial charge is 0.465 e. The minimum atomic E-state index is -2.77. The molecular formula is C10H6BrF2NO2. The monoisotopic (exact) mass is 289 g/mol. The lowest BCUT2D eigenvalue weighted by atomic mass is 10.1. The first kappa shape index (κ1) is 12.6. The first-order valence-electron chi connectivity index (χ1n) is 4.11. The third kappa shape index (κ3) is 2.36. The van der Waals surface area contributed by atoms with Crippen molar-refractivity contribution in [2.45, 2.75) is 6.43 Å². The Kier molecular flexibility index (Phi) is 3.96. The Labute approximate surface area is 98.8 Å². The molecule has 0 radical (unpaired) electrons. The van der Waals surface area contributed by atoms with Gasteiger partial charge in [0.15, 0.2) is 0 Å². The second-order valence-corrected chi connectivity index (χ2v) is 3.68. The van der Waals surface area contributed by atoms with E-state index in [1.54, 1.807) is 6.07 Å². The van der Waals surface area contributed by atoms with Crippen molar-refractivity contribution in [2.24, 2.45) is 0 Å². The van der Waals surface area contributed by atoms with Crippen molar-refractivity contribution in [3.8, 4) is 6.07 Å². The normalized spacial score (nSPS) is 10.0. The molecule has 0 heterocycles. The summed E-state index contributed by atoms with van der Waals surface area (Å²) < 4.78 is 29.7. The van der Waals surface area contributed by atoms with E-state index in [2.05, 4.69) is 20.7 Å². The zero-order valence-corrected chi connectivity index (χ0v) is 9.72. The lowest BCUT2D eigenvalue weighted by Gasteiger charge is -2.07. The van der Waals surface area contributed by atoms with Crippen LogP contribution in [0.4, 0.5) is 8.78 Å². The Morgan fingerprint density at radius 2 is 2.19 bits per heavy atom. The van der Waals surface area contributed by atoms with E-state index in [-0.39, 0.29) is 15.6 Å². The number of halogens is 3. The number of methoxy groups -OCH3 is 1. The number of carbonyl (C=O) groups excluding carboxylic acids is 1. The van der Waals surface area contributed by atoms with Gasteiger partial charge in [-0.3, -0.25) is 0 Å². The third-order valence-electron chi connectivity index (χ3n) is 1.90. The minimum absolute atomic E-state index is 0.0449. The standard InChI is InChI=1S/C10H6BrF2NO2/c1-16-10(15)7-2-5(4-14)6(9(12)13)3-8(7)11/h2-3,9H,1H3. The van der Waals surface area contributed by atoms with Gasteiger partial charge in [-0.15, -0.1) is 0 Å². The molecule has 3 nitrogen and oxygen atoms in total. The molecule has 0 fully saturated rings. The molecule has 0 atom stereocenters. The van der Waals surface area contributed by atoms with Crippen LogP contribution in [0.3, 0.4) is 0 Å². The molecule has 0 aromatic heterocycles. The molecular weight excluding hydrogens is 284 g/mol. The molecule has 1 rings (SSSR count). The maximum atomic E-state index is 12.5. The van der Waals surface area contributed by atoms with Crippen molar-refractivity contribution in [3.05, 3.63) is 33.3 Å². The highest BCUT2D eigenvalue weighted by Gasteiger charge is 2.19. The van der Waals surface area contributed by atoms with E-state index in [0.717, 1.165) is 12.1 Å². The molecule has 0 aliphatic heterocycles. The highest BCUT2D eigenvalue weighted by Crippen LogP contribution is 2.29. The number of ether oxygens (including phenoxy) is 1. The topological polar surface area (TPSA) is 50.1 Å². The van der Waals surface area contributed by atoms with Crippen LogP contribution in [-0.2, 0) is 4.74 Å². The molecule has 0 unspecified atom stereocenters. The molecule has 0 aliphatic carbocycles. The summed E-state index contributed by atoms with van der Waals surface area (Å²) in [4.78, 5) is 11.2. The third-order valence-corrected chi connectivity index (χ3v) is 2.56. The van der Waals surface area contributed by atoms with Crippen molar-refractivity contribution in [2.75, 3.05) is 7.11 Å².